The minimum Gasteiger partial charge on any atom is -0.271 e. The molecule has 110 valence electrons. The third kappa shape index (κ3) is 2.85. The average molecular weight is 281 g/mol. The molecule has 0 saturated heterocycles. The van der Waals surface area contributed by atoms with E-state index < -0.39 is 0 Å². The van der Waals surface area contributed by atoms with Gasteiger partial charge in [-0.2, -0.15) is 0 Å². The molecule has 1 aliphatic carbocycles. The highest BCUT2D eigenvalue weighted by atomic mass is 15.2. The first-order valence-corrected chi connectivity index (χ1v) is 7.77. The molecule has 1 heterocycles. The fraction of sp³-hybridized carbons (Fsp3) is 0.389. The van der Waals surface area contributed by atoms with Crippen molar-refractivity contribution in [3.8, 4) is 0 Å². The summed E-state index contributed by atoms with van der Waals surface area (Å²) in [4.78, 5) is 4.47. The van der Waals surface area contributed by atoms with Crippen LogP contribution < -0.4 is 11.3 Å². The average Bonchev–Trinajstić information content (AvgIpc) is 3.05. The second-order valence-corrected chi connectivity index (χ2v) is 5.97. The summed E-state index contributed by atoms with van der Waals surface area (Å²) in [5.41, 5.74) is 5.73. The molecule has 3 nitrogen and oxygen atoms in total. The van der Waals surface area contributed by atoms with Crippen LogP contribution >= 0.6 is 0 Å². The van der Waals surface area contributed by atoms with E-state index in [0.29, 0.717) is 0 Å². The van der Waals surface area contributed by atoms with Gasteiger partial charge in [-0.1, -0.05) is 49.2 Å². The summed E-state index contributed by atoms with van der Waals surface area (Å²) >= 11 is 0. The molecule has 1 aromatic carbocycles. The maximum Gasteiger partial charge on any atom is 0.0419 e. The van der Waals surface area contributed by atoms with Crippen molar-refractivity contribution in [3.63, 3.8) is 0 Å². The molecule has 3 N–H and O–H groups in total. The van der Waals surface area contributed by atoms with Gasteiger partial charge >= 0.3 is 0 Å². The number of hydrogen-bond acceptors (Lipinski definition) is 3. The summed E-state index contributed by atoms with van der Waals surface area (Å²) in [6.45, 7) is 0. The summed E-state index contributed by atoms with van der Waals surface area (Å²) in [6.07, 6.45) is 7.65. The zero-order valence-corrected chi connectivity index (χ0v) is 12.3. The molecule has 3 rings (SSSR count). The number of benzene rings is 1. The molecule has 1 unspecified atom stereocenters. The third-order valence-corrected chi connectivity index (χ3v) is 4.85. The number of aromatic nitrogens is 1. The van der Waals surface area contributed by atoms with Crippen molar-refractivity contribution in [2.24, 2.45) is 5.84 Å². The Morgan fingerprint density at radius 3 is 2.38 bits per heavy atom. The molecular formula is C18H23N3. The first kappa shape index (κ1) is 14.2. The zero-order chi connectivity index (χ0) is 14.5. The Bertz CT molecular complexity index is 547. The molecule has 0 bridgehead atoms. The second-order valence-electron chi connectivity index (χ2n) is 5.97. The molecule has 2 aromatic rings. The number of nitrogens with zero attached hydrogens (tertiary/aromatic N) is 1. The van der Waals surface area contributed by atoms with Gasteiger partial charge in [0, 0.05) is 29.8 Å². The van der Waals surface area contributed by atoms with Crippen LogP contribution in [0.2, 0.25) is 0 Å². The summed E-state index contributed by atoms with van der Waals surface area (Å²) < 4.78 is 0. The second kappa shape index (κ2) is 6.37. The van der Waals surface area contributed by atoms with Crippen LogP contribution in [0.1, 0.15) is 36.9 Å². The van der Waals surface area contributed by atoms with Gasteiger partial charge in [0.05, 0.1) is 0 Å². The van der Waals surface area contributed by atoms with E-state index in [2.05, 4.69) is 46.8 Å². The number of hydrazine groups is 1. The monoisotopic (exact) mass is 281 g/mol. The molecule has 1 aliphatic rings. The Kier molecular flexibility index (Phi) is 4.32. The fourth-order valence-electron chi connectivity index (χ4n) is 3.76. The van der Waals surface area contributed by atoms with E-state index in [1.165, 1.54) is 31.2 Å². The maximum atomic E-state index is 5.95. The number of nitrogens with one attached hydrogen (secondary N) is 1. The Labute approximate surface area is 126 Å². The van der Waals surface area contributed by atoms with E-state index in [-0.39, 0.29) is 11.5 Å². The molecule has 21 heavy (non-hydrogen) atoms. The van der Waals surface area contributed by atoms with Crippen LogP contribution in [0.3, 0.4) is 0 Å². The van der Waals surface area contributed by atoms with Crippen LogP contribution in [0.5, 0.6) is 0 Å². The number of nitrogens with two attached hydrogens (primary N) is 1. The van der Waals surface area contributed by atoms with Crippen molar-refractivity contribution in [3.05, 3.63) is 66.0 Å². The molecule has 0 spiro atoms. The molecule has 1 fully saturated rings. The molecular weight excluding hydrogens is 258 g/mol. The van der Waals surface area contributed by atoms with E-state index in [9.17, 15) is 0 Å². The number of rotatable bonds is 5. The van der Waals surface area contributed by atoms with Crippen LogP contribution in [0, 0.1) is 0 Å². The molecule has 0 amide bonds. The van der Waals surface area contributed by atoms with Crippen molar-refractivity contribution in [2.45, 2.75) is 43.6 Å². The van der Waals surface area contributed by atoms with Gasteiger partial charge in [-0.3, -0.25) is 16.3 Å². The van der Waals surface area contributed by atoms with Crippen molar-refractivity contribution >= 4 is 0 Å². The lowest BCUT2D eigenvalue weighted by Crippen LogP contribution is -2.51. The lowest BCUT2D eigenvalue weighted by molar-refractivity contribution is 0.294. The highest BCUT2D eigenvalue weighted by Crippen LogP contribution is 2.44. The lowest BCUT2D eigenvalue weighted by atomic mass is 9.71. The van der Waals surface area contributed by atoms with Crippen LogP contribution in [0.15, 0.2) is 54.7 Å². The number of pyridine rings is 1. The van der Waals surface area contributed by atoms with Crippen LogP contribution in [0.25, 0.3) is 0 Å². The summed E-state index contributed by atoms with van der Waals surface area (Å²) in [5.74, 6) is 5.95. The van der Waals surface area contributed by atoms with Crippen molar-refractivity contribution in [2.75, 3.05) is 0 Å². The quantitative estimate of drug-likeness (QED) is 0.654. The first-order valence-electron chi connectivity index (χ1n) is 7.77. The Hall–Kier alpha value is -1.71. The predicted molar refractivity (Wildman–Crippen MR) is 85.6 cm³/mol. The van der Waals surface area contributed by atoms with E-state index in [1.807, 2.05) is 18.3 Å². The van der Waals surface area contributed by atoms with Crippen molar-refractivity contribution in [1.82, 2.24) is 10.4 Å². The van der Waals surface area contributed by atoms with Gasteiger partial charge in [0.15, 0.2) is 0 Å². The fourth-order valence-corrected chi connectivity index (χ4v) is 3.76. The molecule has 1 saturated carbocycles. The standard InChI is InChI=1S/C18H23N3/c19-21-17(14-16-10-4-7-13-20-16)18(11-5-6-12-18)15-8-2-1-3-9-15/h1-4,7-10,13,17,21H,5-6,11-12,14,19H2. The van der Waals surface area contributed by atoms with Crippen molar-refractivity contribution in [1.29, 1.82) is 0 Å². The maximum absolute atomic E-state index is 5.95. The van der Waals surface area contributed by atoms with Crippen LogP contribution in [-0.2, 0) is 11.8 Å². The third-order valence-electron chi connectivity index (χ3n) is 4.85. The smallest absolute Gasteiger partial charge is 0.0419 e. The molecule has 1 aromatic heterocycles. The van der Waals surface area contributed by atoms with E-state index >= 15 is 0 Å². The van der Waals surface area contributed by atoms with Crippen LogP contribution in [0.4, 0.5) is 0 Å². The van der Waals surface area contributed by atoms with Gasteiger partial charge in [-0.05, 0) is 30.5 Å². The van der Waals surface area contributed by atoms with Gasteiger partial charge in [0.2, 0.25) is 0 Å². The van der Waals surface area contributed by atoms with Gasteiger partial charge < -0.3 is 0 Å². The minimum absolute atomic E-state index is 0.132. The lowest BCUT2D eigenvalue weighted by Gasteiger charge is -2.38. The Balaban J connectivity index is 1.92. The Morgan fingerprint density at radius 2 is 1.76 bits per heavy atom. The van der Waals surface area contributed by atoms with Gasteiger partial charge in [-0.25, -0.2) is 0 Å². The largest absolute Gasteiger partial charge is 0.271 e. The summed E-state index contributed by atoms with van der Waals surface area (Å²) in [6, 6.07) is 17.1. The Morgan fingerprint density at radius 1 is 1.05 bits per heavy atom. The topological polar surface area (TPSA) is 50.9 Å². The van der Waals surface area contributed by atoms with E-state index in [4.69, 9.17) is 5.84 Å². The highest BCUT2D eigenvalue weighted by molar-refractivity contribution is 5.30. The summed E-state index contributed by atoms with van der Waals surface area (Å²) in [5, 5.41) is 0. The normalized spacial score (nSPS) is 18.5. The number of hydrogen-bond donors (Lipinski definition) is 2. The molecule has 3 heteroatoms. The highest BCUT2D eigenvalue weighted by Gasteiger charge is 2.42. The van der Waals surface area contributed by atoms with Gasteiger partial charge in [0.25, 0.3) is 0 Å². The SMILES string of the molecule is NNC(Cc1ccccn1)C1(c2ccccc2)CCCC1. The van der Waals surface area contributed by atoms with Gasteiger partial charge in [-0.15, -0.1) is 0 Å². The van der Waals surface area contributed by atoms with E-state index in [0.717, 1.165) is 12.1 Å². The van der Waals surface area contributed by atoms with Crippen molar-refractivity contribution < 1.29 is 0 Å². The van der Waals surface area contributed by atoms with Crippen LogP contribution in [-0.4, -0.2) is 11.0 Å². The summed E-state index contributed by atoms with van der Waals surface area (Å²) in [7, 11) is 0. The van der Waals surface area contributed by atoms with Gasteiger partial charge in [0.1, 0.15) is 0 Å². The first-order chi connectivity index (χ1) is 10.3. The molecule has 0 aliphatic heterocycles. The van der Waals surface area contributed by atoms with E-state index in [1.54, 1.807) is 0 Å². The predicted octanol–water partition coefficient (Wildman–Crippen LogP) is 2.97. The minimum atomic E-state index is 0.132. The molecule has 0 radical (unpaired) electrons. The molecule has 1 atom stereocenters. The zero-order valence-electron chi connectivity index (χ0n) is 12.3.